The lowest BCUT2D eigenvalue weighted by Crippen LogP contribution is -2.20. The van der Waals surface area contributed by atoms with Crippen LogP contribution in [0, 0.1) is 17.1 Å². The molecule has 3 heterocycles. The maximum Gasteiger partial charge on any atom is 0.156 e. The number of hydrogen-bond acceptors (Lipinski definition) is 6. The van der Waals surface area contributed by atoms with Gasteiger partial charge in [-0.3, -0.25) is 0 Å². The van der Waals surface area contributed by atoms with Crippen LogP contribution >= 0.6 is 0 Å². The minimum absolute atomic E-state index is 0.0489. The molecule has 8 nitrogen and oxygen atoms in total. The Morgan fingerprint density at radius 2 is 2.10 bits per heavy atom. The minimum atomic E-state index is -1.03. The number of halogens is 1. The molecule has 29 heavy (non-hydrogen) atoms. The molecule has 1 atom stereocenters. The number of imidazole rings is 1. The Balaban J connectivity index is 2.10. The van der Waals surface area contributed by atoms with Gasteiger partial charge in [-0.25, -0.2) is 14.4 Å². The number of anilines is 1. The smallest absolute Gasteiger partial charge is 0.156 e. The predicted octanol–water partition coefficient (Wildman–Crippen LogP) is 2.00. The number of nitrogens with zero attached hydrogens (tertiary/aromatic N) is 5. The summed E-state index contributed by atoms with van der Waals surface area (Å²) in [5.74, 6) is 0.0301. The van der Waals surface area contributed by atoms with Crippen LogP contribution in [0.2, 0.25) is 0 Å². The third-order valence-corrected chi connectivity index (χ3v) is 4.87. The molecule has 1 aromatic carbocycles. The van der Waals surface area contributed by atoms with Crippen LogP contribution in [0.3, 0.4) is 0 Å². The molecule has 0 aliphatic rings. The summed E-state index contributed by atoms with van der Waals surface area (Å²) in [6, 6.07) is 7.87. The number of fused-ring (bicyclic) bond motifs is 3. The highest BCUT2D eigenvalue weighted by molar-refractivity contribution is 6.07. The van der Waals surface area contributed by atoms with E-state index in [1.54, 1.807) is 24.0 Å². The SMILES string of the molecule is CNc1nc2c(cc(-c3cc(F)cc(C#N)c3)n2C[C@H](O)CO)c2c1ncn2C. The van der Waals surface area contributed by atoms with E-state index in [2.05, 4.69) is 15.3 Å². The molecule has 148 valence electrons. The number of nitrogens with one attached hydrogen (secondary N) is 1. The molecule has 4 rings (SSSR count). The van der Waals surface area contributed by atoms with Crippen molar-refractivity contribution in [2.45, 2.75) is 12.6 Å². The molecule has 0 aliphatic carbocycles. The maximum atomic E-state index is 14.1. The summed E-state index contributed by atoms with van der Waals surface area (Å²) in [4.78, 5) is 9.06. The summed E-state index contributed by atoms with van der Waals surface area (Å²) in [6.45, 7) is -0.383. The highest BCUT2D eigenvalue weighted by atomic mass is 19.1. The van der Waals surface area contributed by atoms with Crippen LogP contribution in [0.4, 0.5) is 10.2 Å². The Bertz CT molecular complexity index is 1270. The summed E-state index contributed by atoms with van der Waals surface area (Å²) in [7, 11) is 3.61. The molecule has 0 bridgehead atoms. The van der Waals surface area contributed by atoms with Crippen LogP contribution in [-0.2, 0) is 13.6 Å². The van der Waals surface area contributed by atoms with Crippen molar-refractivity contribution in [1.82, 2.24) is 19.1 Å². The van der Waals surface area contributed by atoms with Gasteiger partial charge in [0.1, 0.15) is 17.0 Å². The van der Waals surface area contributed by atoms with Gasteiger partial charge < -0.3 is 24.7 Å². The molecular formula is C20H19FN6O2. The normalized spacial score (nSPS) is 12.4. The molecule has 0 fully saturated rings. The second-order valence-corrected chi connectivity index (χ2v) is 6.82. The standard InChI is InChI=1S/C20H19FN6O2/c1-23-19-17-18(26(2)10-24-17)15-6-16(12-3-11(7-22)4-13(21)5-12)27(20(15)25-19)8-14(29)9-28/h3-6,10,14,28-29H,8-9H2,1-2H3,(H,23,25)/t14-/m0/s1. The Kier molecular flexibility index (Phi) is 4.66. The first kappa shape index (κ1) is 18.9. The number of pyridine rings is 1. The Morgan fingerprint density at radius 3 is 2.79 bits per heavy atom. The molecule has 0 spiro atoms. The summed E-state index contributed by atoms with van der Waals surface area (Å²) in [5, 5.41) is 32.5. The molecule has 0 saturated carbocycles. The van der Waals surface area contributed by atoms with Gasteiger partial charge >= 0.3 is 0 Å². The van der Waals surface area contributed by atoms with Crippen molar-refractivity contribution in [3.05, 3.63) is 42.0 Å². The molecule has 0 unspecified atom stereocenters. The van der Waals surface area contributed by atoms with E-state index in [4.69, 9.17) is 0 Å². The minimum Gasteiger partial charge on any atom is -0.394 e. The Labute approximate surface area is 165 Å². The lowest BCUT2D eigenvalue weighted by atomic mass is 10.1. The van der Waals surface area contributed by atoms with Gasteiger partial charge in [0.25, 0.3) is 0 Å². The zero-order valence-electron chi connectivity index (χ0n) is 15.9. The molecule has 4 aromatic rings. The second-order valence-electron chi connectivity index (χ2n) is 6.82. The van der Waals surface area contributed by atoms with E-state index < -0.39 is 18.5 Å². The van der Waals surface area contributed by atoms with Crippen LogP contribution in [0.5, 0.6) is 0 Å². The molecular weight excluding hydrogens is 375 g/mol. The average Bonchev–Trinajstić information content (AvgIpc) is 3.27. The van der Waals surface area contributed by atoms with Gasteiger partial charge in [0.05, 0.1) is 48.4 Å². The summed E-state index contributed by atoms with van der Waals surface area (Å²) < 4.78 is 17.7. The fraction of sp³-hybridized carbons (Fsp3) is 0.250. The fourth-order valence-corrected chi connectivity index (χ4v) is 3.58. The Morgan fingerprint density at radius 1 is 1.31 bits per heavy atom. The van der Waals surface area contributed by atoms with Crippen LogP contribution < -0.4 is 5.32 Å². The molecule has 9 heteroatoms. The van der Waals surface area contributed by atoms with E-state index in [0.29, 0.717) is 28.2 Å². The number of aliphatic hydroxyl groups is 2. The number of aryl methyl sites for hydroxylation is 1. The predicted molar refractivity (Wildman–Crippen MR) is 107 cm³/mol. The van der Waals surface area contributed by atoms with Crippen molar-refractivity contribution < 1.29 is 14.6 Å². The van der Waals surface area contributed by atoms with E-state index >= 15 is 0 Å². The maximum absolute atomic E-state index is 14.1. The first-order valence-electron chi connectivity index (χ1n) is 8.98. The number of aromatic nitrogens is 4. The van der Waals surface area contributed by atoms with Gasteiger partial charge in [-0.15, -0.1) is 0 Å². The number of benzene rings is 1. The van der Waals surface area contributed by atoms with Gasteiger partial charge in [-0.05, 0) is 24.3 Å². The highest BCUT2D eigenvalue weighted by Crippen LogP contribution is 2.35. The lowest BCUT2D eigenvalue weighted by Gasteiger charge is -2.14. The highest BCUT2D eigenvalue weighted by Gasteiger charge is 2.21. The summed E-state index contributed by atoms with van der Waals surface area (Å²) in [5.41, 5.74) is 3.31. The van der Waals surface area contributed by atoms with Crippen LogP contribution in [0.15, 0.2) is 30.6 Å². The van der Waals surface area contributed by atoms with Crippen molar-refractivity contribution in [3.63, 3.8) is 0 Å². The molecule has 0 saturated heterocycles. The Hall–Kier alpha value is -3.48. The number of aliphatic hydroxyl groups excluding tert-OH is 2. The van der Waals surface area contributed by atoms with Crippen LogP contribution in [0.1, 0.15) is 5.56 Å². The van der Waals surface area contributed by atoms with Gasteiger partial charge in [-0.2, -0.15) is 5.26 Å². The second kappa shape index (κ2) is 7.16. The van der Waals surface area contributed by atoms with Crippen LogP contribution in [0.25, 0.3) is 33.3 Å². The summed E-state index contributed by atoms with van der Waals surface area (Å²) in [6.07, 6.45) is 0.651. The van der Waals surface area contributed by atoms with Crippen molar-refractivity contribution >= 4 is 27.9 Å². The fourth-order valence-electron chi connectivity index (χ4n) is 3.58. The van der Waals surface area contributed by atoms with E-state index in [1.807, 2.05) is 23.8 Å². The first-order chi connectivity index (χ1) is 14.0. The molecule has 0 amide bonds. The van der Waals surface area contributed by atoms with E-state index in [9.17, 15) is 19.9 Å². The molecule has 0 radical (unpaired) electrons. The van der Waals surface area contributed by atoms with Crippen molar-refractivity contribution in [3.8, 4) is 17.3 Å². The number of nitriles is 1. The van der Waals surface area contributed by atoms with Gasteiger partial charge in [0, 0.05) is 25.0 Å². The molecule has 3 N–H and O–H groups in total. The zero-order valence-corrected chi connectivity index (χ0v) is 15.9. The van der Waals surface area contributed by atoms with E-state index in [-0.39, 0.29) is 12.1 Å². The third-order valence-electron chi connectivity index (χ3n) is 4.87. The third kappa shape index (κ3) is 3.08. The first-order valence-corrected chi connectivity index (χ1v) is 8.98. The van der Waals surface area contributed by atoms with Crippen LogP contribution in [-0.4, -0.2) is 49.1 Å². The molecule has 0 aliphatic heterocycles. The number of rotatable bonds is 5. The lowest BCUT2D eigenvalue weighted by molar-refractivity contribution is 0.0824. The van der Waals surface area contributed by atoms with Crippen molar-refractivity contribution in [1.29, 1.82) is 5.26 Å². The summed E-state index contributed by atoms with van der Waals surface area (Å²) >= 11 is 0. The van der Waals surface area contributed by atoms with Gasteiger partial charge in [0.15, 0.2) is 5.82 Å². The van der Waals surface area contributed by atoms with Gasteiger partial charge in [0.2, 0.25) is 0 Å². The topological polar surface area (TPSA) is 112 Å². The molecule has 3 aromatic heterocycles. The van der Waals surface area contributed by atoms with Crippen molar-refractivity contribution in [2.75, 3.05) is 19.0 Å². The van der Waals surface area contributed by atoms with Gasteiger partial charge in [-0.1, -0.05) is 0 Å². The monoisotopic (exact) mass is 394 g/mol. The zero-order chi connectivity index (χ0) is 20.7. The van der Waals surface area contributed by atoms with E-state index in [0.717, 1.165) is 17.0 Å². The largest absolute Gasteiger partial charge is 0.394 e. The van der Waals surface area contributed by atoms with E-state index in [1.165, 1.54) is 6.07 Å². The quantitative estimate of drug-likeness (QED) is 0.477. The van der Waals surface area contributed by atoms with Crippen molar-refractivity contribution in [2.24, 2.45) is 7.05 Å². The average molecular weight is 394 g/mol. The number of hydrogen-bond donors (Lipinski definition) is 3.